The molecule has 0 amide bonds. The molecule has 0 fully saturated rings. The predicted molar refractivity (Wildman–Crippen MR) is 64.1 cm³/mol. The molecule has 1 rings (SSSR count). The van der Waals surface area contributed by atoms with Gasteiger partial charge in [0, 0.05) is 6.04 Å². The van der Waals surface area contributed by atoms with Crippen LogP contribution < -0.4 is 10.5 Å². The normalized spacial score (nSPS) is 14.6. The Labute approximate surface area is 96.6 Å². The van der Waals surface area contributed by atoms with Gasteiger partial charge in [0.1, 0.15) is 0 Å². The molecule has 2 nitrogen and oxygen atoms in total. The summed E-state index contributed by atoms with van der Waals surface area (Å²) in [5.41, 5.74) is 6.85. The van der Waals surface area contributed by atoms with Crippen molar-refractivity contribution in [2.45, 2.75) is 32.7 Å². The summed E-state index contributed by atoms with van der Waals surface area (Å²) in [7, 11) is 1.47. The number of hydrogen-bond donors (Lipinski definition) is 1. The third-order valence-corrected chi connectivity index (χ3v) is 2.98. The van der Waals surface area contributed by atoms with E-state index < -0.39 is 0 Å². The van der Waals surface area contributed by atoms with Crippen LogP contribution in [-0.2, 0) is 6.42 Å². The number of ether oxygens (including phenoxy) is 1. The molecular weight excluding hydrogens is 205 g/mol. The van der Waals surface area contributed by atoms with E-state index in [1.54, 1.807) is 6.07 Å². The van der Waals surface area contributed by atoms with Gasteiger partial charge in [0.15, 0.2) is 11.6 Å². The standard InChI is InChI=1S/C13H20FNO/c1-4-11(9(2)15)7-10-5-6-13(16-3)12(14)8-10/h5-6,8-9,11H,4,7,15H2,1-3H3. The third-order valence-electron chi connectivity index (χ3n) is 2.98. The van der Waals surface area contributed by atoms with Crippen LogP contribution in [0.25, 0.3) is 0 Å². The van der Waals surface area contributed by atoms with E-state index in [1.165, 1.54) is 13.2 Å². The van der Waals surface area contributed by atoms with Crippen molar-refractivity contribution < 1.29 is 9.13 Å². The minimum Gasteiger partial charge on any atom is -0.494 e. The summed E-state index contributed by atoms with van der Waals surface area (Å²) in [5.74, 6) is 0.380. The Kier molecular flexibility index (Phi) is 4.74. The zero-order chi connectivity index (χ0) is 12.1. The molecule has 16 heavy (non-hydrogen) atoms. The summed E-state index contributed by atoms with van der Waals surface area (Å²) >= 11 is 0. The number of hydrogen-bond acceptors (Lipinski definition) is 2. The lowest BCUT2D eigenvalue weighted by atomic mass is 9.91. The van der Waals surface area contributed by atoms with Gasteiger partial charge in [-0.05, 0) is 37.0 Å². The molecule has 0 spiro atoms. The fourth-order valence-corrected chi connectivity index (χ4v) is 1.84. The molecule has 0 radical (unpaired) electrons. The summed E-state index contributed by atoms with van der Waals surface area (Å²) < 4.78 is 18.3. The van der Waals surface area contributed by atoms with E-state index >= 15 is 0 Å². The average molecular weight is 225 g/mol. The maximum absolute atomic E-state index is 13.4. The summed E-state index contributed by atoms with van der Waals surface area (Å²) in [5, 5.41) is 0. The summed E-state index contributed by atoms with van der Waals surface area (Å²) in [4.78, 5) is 0. The largest absolute Gasteiger partial charge is 0.494 e. The maximum Gasteiger partial charge on any atom is 0.165 e. The molecule has 1 aromatic carbocycles. The maximum atomic E-state index is 13.4. The van der Waals surface area contributed by atoms with Gasteiger partial charge in [-0.2, -0.15) is 0 Å². The Hall–Kier alpha value is -1.09. The molecule has 0 bridgehead atoms. The Balaban J connectivity index is 2.78. The van der Waals surface area contributed by atoms with Crippen molar-refractivity contribution in [3.8, 4) is 5.75 Å². The zero-order valence-electron chi connectivity index (χ0n) is 10.2. The van der Waals surface area contributed by atoms with Gasteiger partial charge in [-0.1, -0.05) is 19.4 Å². The molecule has 90 valence electrons. The Morgan fingerprint density at radius 2 is 2.12 bits per heavy atom. The quantitative estimate of drug-likeness (QED) is 0.836. The number of nitrogens with two attached hydrogens (primary N) is 1. The van der Waals surface area contributed by atoms with Crippen molar-refractivity contribution in [3.63, 3.8) is 0 Å². The topological polar surface area (TPSA) is 35.2 Å². The molecule has 2 unspecified atom stereocenters. The van der Waals surface area contributed by atoms with Crippen LogP contribution in [0.3, 0.4) is 0 Å². The second kappa shape index (κ2) is 5.85. The van der Waals surface area contributed by atoms with Crippen molar-refractivity contribution in [1.82, 2.24) is 0 Å². The Bertz CT molecular complexity index is 339. The van der Waals surface area contributed by atoms with Crippen LogP contribution in [0, 0.1) is 11.7 Å². The predicted octanol–water partition coefficient (Wildman–Crippen LogP) is 2.75. The lowest BCUT2D eigenvalue weighted by Gasteiger charge is -2.19. The van der Waals surface area contributed by atoms with Gasteiger partial charge in [0.2, 0.25) is 0 Å². The van der Waals surface area contributed by atoms with Crippen molar-refractivity contribution >= 4 is 0 Å². The smallest absolute Gasteiger partial charge is 0.165 e. The van der Waals surface area contributed by atoms with Crippen LogP contribution in [0.2, 0.25) is 0 Å². The molecule has 0 heterocycles. The Morgan fingerprint density at radius 1 is 1.44 bits per heavy atom. The molecule has 0 saturated heterocycles. The second-order valence-corrected chi connectivity index (χ2v) is 4.20. The highest BCUT2D eigenvalue weighted by Gasteiger charge is 2.13. The van der Waals surface area contributed by atoms with E-state index in [1.807, 2.05) is 13.0 Å². The minimum absolute atomic E-state index is 0.134. The highest BCUT2D eigenvalue weighted by Crippen LogP contribution is 2.21. The van der Waals surface area contributed by atoms with Gasteiger partial charge in [-0.25, -0.2) is 4.39 Å². The molecule has 0 aliphatic heterocycles. The first-order valence-electron chi connectivity index (χ1n) is 5.66. The van der Waals surface area contributed by atoms with Gasteiger partial charge in [0.05, 0.1) is 7.11 Å². The number of halogens is 1. The highest BCUT2D eigenvalue weighted by molar-refractivity contribution is 5.29. The molecule has 1 aromatic rings. The Morgan fingerprint density at radius 3 is 2.56 bits per heavy atom. The highest BCUT2D eigenvalue weighted by atomic mass is 19.1. The van der Waals surface area contributed by atoms with Crippen molar-refractivity contribution in [3.05, 3.63) is 29.6 Å². The first-order chi connectivity index (χ1) is 7.58. The van der Waals surface area contributed by atoms with Crippen LogP contribution in [0.1, 0.15) is 25.8 Å². The van der Waals surface area contributed by atoms with Crippen LogP contribution in [0.4, 0.5) is 4.39 Å². The van der Waals surface area contributed by atoms with E-state index in [0.717, 1.165) is 18.4 Å². The molecule has 3 heteroatoms. The van der Waals surface area contributed by atoms with Gasteiger partial charge in [0.25, 0.3) is 0 Å². The lowest BCUT2D eigenvalue weighted by Crippen LogP contribution is -2.27. The van der Waals surface area contributed by atoms with Gasteiger partial charge >= 0.3 is 0 Å². The molecule has 0 aliphatic carbocycles. The molecule has 0 aliphatic rings. The first kappa shape index (κ1) is 13.0. The summed E-state index contributed by atoms with van der Waals surface area (Å²) in [6.07, 6.45) is 1.82. The van der Waals surface area contributed by atoms with E-state index in [-0.39, 0.29) is 17.6 Å². The molecule has 2 atom stereocenters. The fraction of sp³-hybridized carbons (Fsp3) is 0.538. The van der Waals surface area contributed by atoms with E-state index in [0.29, 0.717) is 5.92 Å². The fourth-order valence-electron chi connectivity index (χ4n) is 1.84. The molecule has 0 aromatic heterocycles. The summed E-state index contributed by atoms with van der Waals surface area (Å²) in [6.45, 7) is 4.10. The van der Waals surface area contributed by atoms with Gasteiger partial charge in [-0.15, -0.1) is 0 Å². The molecule has 0 saturated carbocycles. The van der Waals surface area contributed by atoms with Crippen LogP contribution in [0.5, 0.6) is 5.75 Å². The number of rotatable bonds is 5. The zero-order valence-corrected chi connectivity index (χ0v) is 10.2. The summed E-state index contributed by atoms with van der Waals surface area (Å²) in [6, 6.07) is 5.23. The second-order valence-electron chi connectivity index (χ2n) is 4.20. The van der Waals surface area contributed by atoms with Crippen LogP contribution in [0.15, 0.2) is 18.2 Å². The molecular formula is C13H20FNO. The van der Waals surface area contributed by atoms with E-state index in [9.17, 15) is 4.39 Å². The van der Waals surface area contributed by atoms with Crippen LogP contribution >= 0.6 is 0 Å². The minimum atomic E-state index is -0.306. The SMILES string of the molecule is CCC(Cc1ccc(OC)c(F)c1)C(C)N. The van der Waals surface area contributed by atoms with Crippen molar-refractivity contribution in [2.24, 2.45) is 11.7 Å². The lowest BCUT2D eigenvalue weighted by molar-refractivity contribution is 0.384. The average Bonchev–Trinajstić information content (AvgIpc) is 2.25. The van der Waals surface area contributed by atoms with Crippen molar-refractivity contribution in [2.75, 3.05) is 7.11 Å². The van der Waals surface area contributed by atoms with E-state index in [4.69, 9.17) is 10.5 Å². The first-order valence-corrected chi connectivity index (χ1v) is 5.66. The third kappa shape index (κ3) is 3.20. The van der Waals surface area contributed by atoms with E-state index in [2.05, 4.69) is 6.92 Å². The van der Waals surface area contributed by atoms with Crippen molar-refractivity contribution in [1.29, 1.82) is 0 Å². The molecule has 2 N–H and O–H groups in total. The number of benzene rings is 1. The monoisotopic (exact) mass is 225 g/mol. The van der Waals surface area contributed by atoms with Gasteiger partial charge < -0.3 is 10.5 Å². The van der Waals surface area contributed by atoms with Crippen LogP contribution in [-0.4, -0.2) is 13.2 Å². The number of methoxy groups -OCH3 is 1. The van der Waals surface area contributed by atoms with Gasteiger partial charge in [-0.3, -0.25) is 0 Å².